The van der Waals surface area contributed by atoms with Crippen LogP contribution in [0.2, 0.25) is 0 Å². The van der Waals surface area contributed by atoms with Crippen LogP contribution in [0.3, 0.4) is 0 Å². The Kier molecular flexibility index (Phi) is 6.54. The van der Waals surface area contributed by atoms with Crippen molar-refractivity contribution in [3.05, 3.63) is 23.8 Å². The second kappa shape index (κ2) is 7.95. The number of aliphatic hydroxyl groups excluding tert-OH is 1. The molecule has 0 aliphatic rings. The van der Waals surface area contributed by atoms with E-state index in [-0.39, 0.29) is 6.10 Å². The van der Waals surface area contributed by atoms with E-state index >= 15 is 0 Å². The van der Waals surface area contributed by atoms with E-state index in [4.69, 9.17) is 9.47 Å². The lowest BCUT2D eigenvalue weighted by Crippen LogP contribution is -2.23. The van der Waals surface area contributed by atoms with E-state index in [0.717, 1.165) is 17.1 Å². The number of hydrogen-bond acceptors (Lipinski definition) is 4. The molecule has 102 valence electrons. The summed E-state index contributed by atoms with van der Waals surface area (Å²) in [5, 5.41) is 12.4. The fourth-order valence-corrected chi connectivity index (χ4v) is 1.63. The molecule has 1 atom stereocenters. The molecule has 0 fully saturated rings. The quantitative estimate of drug-likeness (QED) is 0.743. The minimum Gasteiger partial charge on any atom is -0.490 e. The molecular weight excluding hydrogens is 230 g/mol. The van der Waals surface area contributed by atoms with Crippen LogP contribution in [0.4, 0.5) is 0 Å². The smallest absolute Gasteiger partial charge is 0.161 e. The van der Waals surface area contributed by atoms with Gasteiger partial charge >= 0.3 is 0 Å². The van der Waals surface area contributed by atoms with Crippen molar-refractivity contribution in [1.29, 1.82) is 0 Å². The number of benzene rings is 1. The minimum atomic E-state index is -0.334. The first-order valence-corrected chi connectivity index (χ1v) is 6.44. The molecule has 0 heterocycles. The van der Waals surface area contributed by atoms with E-state index in [9.17, 15) is 5.11 Å². The molecule has 0 saturated carbocycles. The summed E-state index contributed by atoms with van der Waals surface area (Å²) in [4.78, 5) is 0. The van der Waals surface area contributed by atoms with Gasteiger partial charge in [-0.15, -0.1) is 0 Å². The zero-order valence-corrected chi connectivity index (χ0v) is 11.4. The summed E-state index contributed by atoms with van der Waals surface area (Å²) in [5.74, 6) is 1.55. The third-order valence-corrected chi connectivity index (χ3v) is 2.38. The predicted octanol–water partition coefficient (Wildman–Crippen LogP) is 1.95. The van der Waals surface area contributed by atoms with Gasteiger partial charge in [-0.05, 0) is 38.5 Å². The Morgan fingerprint density at radius 3 is 2.44 bits per heavy atom. The Labute approximate surface area is 109 Å². The fourth-order valence-electron chi connectivity index (χ4n) is 1.63. The molecule has 4 heteroatoms. The van der Waals surface area contributed by atoms with Gasteiger partial charge in [0.1, 0.15) is 0 Å². The lowest BCUT2D eigenvalue weighted by molar-refractivity contribution is 0.191. The SMILES string of the molecule is CCOc1ccc(CNC[C@H](C)O)cc1OCC. The van der Waals surface area contributed by atoms with Crippen molar-refractivity contribution in [1.82, 2.24) is 5.32 Å². The molecule has 4 nitrogen and oxygen atoms in total. The van der Waals surface area contributed by atoms with Gasteiger partial charge in [0.25, 0.3) is 0 Å². The number of rotatable bonds is 8. The van der Waals surface area contributed by atoms with Crippen molar-refractivity contribution < 1.29 is 14.6 Å². The van der Waals surface area contributed by atoms with E-state index in [0.29, 0.717) is 26.3 Å². The highest BCUT2D eigenvalue weighted by Crippen LogP contribution is 2.28. The minimum absolute atomic E-state index is 0.334. The summed E-state index contributed by atoms with van der Waals surface area (Å²) in [6, 6.07) is 5.90. The van der Waals surface area contributed by atoms with Gasteiger partial charge in [0.15, 0.2) is 11.5 Å². The normalized spacial score (nSPS) is 12.2. The van der Waals surface area contributed by atoms with E-state index in [2.05, 4.69) is 5.32 Å². The molecule has 1 aromatic carbocycles. The van der Waals surface area contributed by atoms with Crippen LogP contribution in [-0.4, -0.2) is 31.0 Å². The number of aliphatic hydroxyl groups is 1. The van der Waals surface area contributed by atoms with Crippen LogP contribution in [0.15, 0.2) is 18.2 Å². The van der Waals surface area contributed by atoms with Gasteiger partial charge in [-0.25, -0.2) is 0 Å². The average molecular weight is 253 g/mol. The molecule has 0 bridgehead atoms. The molecule has 1 aromatic rings. The van der Waals surface area contributed by atoms with Crippen molar-refractivity contribution in [2.75, 3.05) is 19.8 Å². The van der Waals surface area contributed by atoms with Gasteiger partial charge in [0.2, 0.25) is 0 Å². The number of nitrogens with one attached hydrogen (secondary N) is 1. The Bertz CT molecular complexity index is 353. The molecule has 2 N–H and O–H groups in total. The zero-order valence-electron chi connectivity index (χ0n) is 11.4. The molecule has 18 heavy (non-hydrogen) atoms. The van der Waals surface area contributed by atoms with Crippen molar-refractivity contribution in [2.24, 2.45) is 0 Å². The topological polar surface area (TPSA) is 50.7 Å². The molecule has 0 unspecified atom stereocenters. The van der Waals surface area contributed by atoms with Gasteiger partial charge in [-0.1, -0.05) is 6.07 Å². The first-order valence-electron chi connectivity index (χ1n) is 6.44. The zero-order chi connectivity index (χ0) is 13.4. The van der Waals surface area contributed by atoms with E-state index < -0.39 is 0 Å². The van der Waals surface area contributed by atoms with E-state index in [1.54, 1.807) is 6.92 Å². The molecule has 0 aliphatic heterocycles. The van der Waals surface area contributed by atoms with Crippen molar-refractivity contribution >= 4 is 0 Å². The van der Waals surface area contributed by atoms with Crippen LogP contribution < -0.4 is 14.8 Å². The fraction of sp³-hybridized carbons (Fsp3) is 0.571. The summed E-state index contributed by atoms with van der Waals surface area (Å²) < 4.78 is 11.1. The summed E-state index contributed by atoms with van der Waals surface area (Å²) in [6.07, 6.45) is -0.334. The first-order chi connectivity index (χ1) is 8.67. The van der Waals surface area contributed by atoms with Gasteiger partial charge in [0, 0.05) is 13.1 Å². The average Bonchev–Trinajstić information content (AvgIpc) is 2.32. The van der Waals surface area contributed by atoms with Gasteiger partial charge in [-0.2, -0.15) is 0 Å². The summed E-state index contributed by atoms with van der Waals surface area (Å²) in [5.41, 5.74) is 1.11. The van der Waals surface area contributed by atoms with Crippen molar-refractivity contribution in [3.8, 4) is 11.5 Å². The second-order valence-electron chi connectivity index (χ2n) is 4.13. The summed E-state index contributed by atoms with van der Waals surface area (Å²) in [7, 11) is 0. The number of hydrogen-bond donors (Lipinski definition) is 2. The van der Waals surface area contributed by atoms with Crippen LogP contribution in [0.1, 0.15) is 26.3 Å². The lowest BCUT2D eigenvalue weighted by atomic mass is 10.2. The van der Waals surface area contributed by atoms with Gasteiger partial charge in [-0.3, -0.25) is 0 Å². The predicted molar refractivity (Wildman–Crippen MR) is 72.2 cm³/mol. The number of ether oxygens (including phenoxy) is 2. The maximum atomic E-state index is 9.18. The molecule has 0 radical (unpaired) electrons. The van der Waals surface area contributed by atoms with Crippen LogP contribution >= 0.6 is 0 Å². The van der Waals surface area contributed by atoms with Gasteiger partial charge in [0.05, 0.1) is 19.3 Å². The van der Waals surface area contributed by atoms with Crippen molar-refractivity contribution in [3.63, 3.8) is 0 Å². The molecule has 1 rings (SSSR count). The Morgan fingerprint density at radius 2 is 1.83 bits per heavy atom. The monoisotopic (exact) mass is 253 g/mol. The van der Waals surface area contributed by atoms with Gasteiger partial charge < -0.3 is 19.9 Å². The largest absolute Gasteiger partial charge is 0.490 e. The summed E-state index contributed by atoms with van der Waals surface area (Å²) >= 11 is 0. The third-order valence-electron chi connectivity index (χ3n) is 2.38. The second-order valence-corrected chi connectivity index (χ2v) is 4.13. The molecular formula is C14H23NO3. The maximum Gasteiger partial charge on any atom is 0.161 e. The highest BCUT2D eigenvalue weighted by atomic mass is 16.5. The highest BCUT2D eigenvalue weighted by molar-refractivity contribution is 5.43. The Hall–Kier alpha value is -1.26. The maximum absolute atomic E-state index is 9.18. The van der Waals surface area contributed by atoms with Crippen molar-refractivity contribution in [2.45, 2.75) is 33.4 Å². The molecule has 0 spiro atoms. The first kappa shape index (κ1) is 14.8. The molecule has 0 saturated heterocycles. The van der Waals surface area contributed by atoms with E-state index in [1.165, 1.54) is 0 Å². The standard InChI is InChI=1S/C14H23NO3/c1-4-17-13-7-6-12(8-14(13)18-5-2)10-15-9-11(3)16/h6-8,11,15-16H,4-5,9-10H2,1-3H3/t11-/m0/s1. The highest BCUT2D eigenvalue weighted by Gasteiger charge is 2.06. The van der Waals surface area contributed by atoms with Crippen LogP contribution in [0, 0.1) is 0 Å². The van der Waals surface area contributed by atoms with Crippen LogP contribution in [0.5, 0.6) is 11.5 Å². The third kappa shape index (κ3) is 4.94. The lowest BCUT2D eigenvalue weighted by Gasteiger charge is -2.13. The van der Waals surface area contributed by atoms with Crippen LogP contribution in [0.25, 0.3) is 0 Å². The van der Waals surface area contributed by atoms with Crippen LogP contribution in [-0.2, 0) is 6.54 Å². The Balaban J connectivity index is 2.66. The summed E-state index contributed by atoms with van der Waals surface area (Å²) in [6.45, 7) is 8.19. The van der Waals surface area contributed by atoms with E-state index in [1.807, 2.05) is 32.0 Å². The molecule has 0 aromatic heterocycles. The molecule has 0 amide bonds. The Morgan fingerprint density at radius 1 is 1.17 bits per heavy atom. The molecule has 0 aliphatic carbocycles.